The van der Waals surface area contributed by atoms with Gasteiger partial charge >= 0.3 is 0 Å². The zero-order valence-corrected chi connectivity index (χ0v) is 21.3. The van der Waals surface area contributed by atoms with Crippen LogP contribution in [0.3, 0.4) is 0 Å². The molecule has 3 saturated carbocycles. The molecule has 0 aromatic carbocycles. The Hall–Kier alpha value is -1.42. The Morgan fingerprint density at radius 2 is 1.88 bits per heavy atom. The lowest BCUT2D eigenvalue weighted by Gasteiger charge is -2.44. The normalized spacial score (nSPS) is 36.9. The van der Waals surface area contributed by atoms with Gasteiger partial charge in [0.15, 0.2) is 0 Å². The van der Waals surface area contributed by atoms with Crippen molar-refractivity contribution in [2.45, 2.75) is 103 Å². The molecule has 0 radical (unpaired) electrons. The van der Waals surface area contributed by atoms with Crippen molar-refractivity contribution >= 4 is 0 Å². The van der Waals surface area contributed by atoms with E-state index in [4.69, 9.17) is 0 Å². The molecule has 3 aliphatic carbocycles. The van der Waals surface area contributed by atoms with Crippen LogP contribution in [0.15, 0.2) is 59.8 Å². The molecular weight excluding hydrogens is 408 g/mol. The van der Waals surface area contributed by atoms with E-state index in [0.29, 0.717) is 36.0 Å². The van der Waals surface area contributed by atoms with Crippen molar-refractivity contribution in [3.8, 4) is 0 Å². The van der Waals surface area contributed by atoms with E-state index in [1.54, 1.807) is 0 Å². The first kappa shape index (κ1) is 26.2. The molecule has 3 nitrogen and oxygen atoms in total. The van der Waals surface area contributed by atoms with Crippen LogP contribution < -0.4 is 0 Å². The minimum Gasteiger partial charge on any atom is -0.393 e. The predicted octanol–water partition coefficient (Wildman–Crippen LogP) is 6.43. The molecule has 0 heterocycles. The Balaban J connectivity index is 1.72. The van der Waals surface area contributed by atoms with Crippen LogP contribution in [0.2, 0.25) is 0 Å². The highest BCUT2D eigenvalue weighted by Gasteiger charge is 2.50. The van der Waals surface area contributed by atoms with Crippen LogP contribution in [0, 0.1) is 23.2 Å². The van der Waals surface area contributed by atoms with Crippen LogP contribution in [0.4, 0.5) is 0 Å². The van der Waals surface area contributed by atoms with Crippen LogP contribution in [-0.2, 0) is 0 Å². The lowest BCUT2D eigenvalue weighted by Crippen LogP contribution is -2.35. The van der Waals surface area contributed by atoms with E-state index in [1.165, 1.54) is 31.3 Å². The molecule has 3 heteroatoms. The van der Waals surface area contributed by atoms with Gasteiger partial charge in [-0.3, -0.25) is 0 Å². The number of hydrogen-bond acceptors (Lipinski definition) is 3. The van der Waals surface area contributed by atoms with E-state index in [1.807, 2.05) is 26.0 Å². The van der Waals surface area contributed by atoms with E-state index < -0.39 is 17.8 Å². The maximum atomic E-state index is 10.5. The molecule has 1 unspecified atom stereocenters. The monoisotopic (exact) mass is 454 g/mol. The maximum Gasteiger partial charge on any atom is 0.0825 e. The van der Waals surface area contributed by atoms with E-state index in [2.05, 4.69) is 44.7 Å². The standard InChI is InChI=1S/C30H46O3/c1-6-30(33,7-2)18-9-8-11-21(3)26-15-16-27-23(12-10-17-29(26,27)5)13-14-24-19-25(31)20-28(32)22(24)4/h8-9,11,13-14,18,21,25-28,31-33H,4,6-7,10,12,15-17,19-20H2,1-3,5H3/b11-8+,18-9+,23-13+,24-14+/t21-,25-,26-,27+,28+,29?/m1/s1. The first-order chi connectivity index (χ1) is 15.6. The molecule has 3 rings (SSSR count). The molecule has 184 valence electrons. The van der Waals surface area contributed by atoms with Crippen molar-refractivity contribution in [2.24, 2.45) is 23.2 Å². The van der Waals surface area contributed by atoms with Crippen LogP contribution in [0.25, 0.3) is 0 Å². The number of hydrogen-bond donors (Lipinski definition) is 3. The molecule has 0 aromatic heterocycles. The number of allylic oxidation sites excluding steroid dienone is 6. The highest BCUT2D eigenvalue weighted by molar-refractivity contribution is 5.38. The van der Waals surface area contributed by atoms with Gasteiger partial charge in [-0.25, -0.2) is 0 Å². The fraction of sp³-hybridized carbons (Fsp3) is 0.667. The Morgan fingerprint density at radius 1 is 1.15 bits per heavy atom. The lowest BCUT2D eigenvalue weighted by molar-refractivity contribution is 0.0827. The van der Waals surface area contributed by atoms with Crippen molar-refractivity contribution < 1.29 is 15.3 Å². The van der Waals surface area contributed by atoms with E-state index in [9.17, 15) is 15.3 Å². The average Bonchev–Trinajstić information content (AvgIpc) is 3.15. The second-order valence-corrected chi connectivity index (χ2v) is 11.1. The predicted molar refractivity (Wildman–Crippen MR) is 138 cm³/mol. The minimum atomic E-state index is -0.689. The molecule has 0 aliphatic heterocycles. The maximum absolute atomic E-state index is 10.5. The molecule has 0 bridgehead atoms. The zero-order chi connectivity index (χ0) is 24.2. The molecule has 3 aliphatic rings. The summed E-state index contributed by atoms with van der Waals surface area (Å²) in [4.78, 5) is 0. The summed E-state index contributed by atoms with van der Waals surface area (Å²) in [5.74, 6) is 1.77. The van der Waals surface area contributed by atoms with Gasteiger partial charge in [-0.2, -0.15) is 0 Å². The van der Waals surface area contributed by atoms with Gasteiger partial charge in [0.1, 0.15) is 0 Å². The van der Waals surface area contributed by atoms with Crippen molar-refractivity contribution in [3.05, 3.63) is 59.8 Å². The second kappa shape index (κ2) is 10.9. The molecule has 0 saturated heterocycles. The summed E-state index contributed by atoms with van der Waals surface area (Å²) in [7, 11) is 0. The highest BCUT2D eigenvalue weighted by atomic mass is 16.3. The third kappa shape index (κ3) is 5.81. The average molecular weight is 455 g/mol. The number of aliphatic hydroxyl groups is 3. The van der Waals surface area contributed by atoms with Crippen LogP contribution in [0.5, 0.6) is 0 Å². The van der Waals surface area contributed by atoms with Gasteiger partial charge < -0.3 is 15.3 Å². The van der Waals surface area contributed by atoms with Crippen LogP contribution >= 0.6 is 0 Å². The highest BCUT2D eigenvalue weighted by Crippen LogP contribution is 2.59. The van der Waals surface area contributed by atoms with Crippen molar-refractivity contribution in [3.63, 3.8) is 0 Å². The van der Waals surface area contributed by atoms with E-state index in [0.717, 1.165) is 30.4 Å². The van der Waals surface area contributed by atoms with Crippen molar-refractivity contribution in [1.82, 2.24) is 0 Å². The number of aliphatic hydroxyl groups excluding tert-OH is 2. The molecule has 3 fully saturated rings. The fourth-order valence-corrected chi connectivity index (χ4v) is 6.70. The molecule has 0 spiro atoms. The largest absolute Gasteiger partial charge is 0.393 e. The third-order valence-corrected chi connectivity index (χ3v) is 9.09. The summed E-state index contributed by atoms with van der Waals surface area (Å²) in [5, 5.41) is 30.7. The Kier molecular flexibility index (Phi) is 8.64. The van der Waals surface area contributed by atoms with Gasteiger partial charge in [-0.05, 0) is 85.7 Å². The quantitative estimate of drug-likeness (QED) is 0.389. The van der Waals surface area contributed by atoms with Gasteiger partial charge in [-0.15, -0.1) is 0 Å². The summed E-state index contributed by atoms with van der Waals surface area (Å²) in [6.07, 6.45) is 20.3. The van der Waals surface area contributed by atoms with Gasteiger partial charge in [0.25, 0.3) is 0 Å². The first-order valence-corrected chi connectivity index (χ1v) is 13.2. The molecular formula is C30H46O3. The number of rotatable bonds is 7. The van der Waals surface area contributed by atoms with E-state index >= 15 is 0 Å². The Labute approximate surface area is 201 Å². The molecule has 33 heavy (non-hydrogen) atoms. The smallest absolute Gasteiger partial charge is 0.0825 e. The van der Waals surface area contributed by atoms with Crippen molar-refractivity contribution in [2.75, 3.05) is 0 Å². The Morgan fingerprint density at radius 3 is 2.58 bits per heavy atom. The zero-order valence-electron chi connectivity index (χ0n) is 21.3. The summed E-state index contributed by atoms with van der Waals surface area (Å²) in [6.45, 7) is 13.0. The Bertz CT molecular complexity index is 812. The summed E-state index contributed by atoms with van der Waals surface area (Å²) in [5.41, 5.74) is 2.92. The van der Waals surface area contributed by atoms with Crippen molar-refractivity contribution in [1.29, 1.82) is 0 Å². The molecule has 0 aromatic rings. The topological polar surface area (TPSA) is 60.7 Å². The van der Waals surface area contributed by atoms with Crippen LogP contribution in [0.1, 0.15) is 85.5 Å². The fourth-order valence-electron chi connectivity index (χ4n) is 6.70. The second-order valence-electron chi connectivity index (χ2n) is 11.1. The number of fused-ring (bicyclic) bond motifs is 1. The summed E-state index contributed by atoms with van der Waals surface area (Å²) < 4.78 is 0. The van der Waals surface area contributed by atoms with Crippen LogP contribution in [-0.4, -0.2) is 33.1 Å². The lowest BCUT2D eigenvalue weighted by atomic mass is 9.61. The third-order valence-electron chi connectivity index (χ3n) is 9.09. The minimum absolute atomic E-state index is 0.312. The van der Waals surface area contributed by atoms with E-state index in [-0.39, 0.29) is 0 Å². The molecule has 6 atom stereocenters. The summed E-state index contributed by atoms with van der Waals surface area (Å²) >= 11 is 0. The van der Waals surface area contributed by atoms with Gasteiger partial charge in [0, 0.05) is 6.42 Å². The molecule has 3 N–H and O–H groups in total. The first-order valence-electron chi connectivity index (χ1n) is 13.2. The van der Waals surface area contributed by atoms with Gasteiger partial charge in [0.05, 0.1) is 17.8 Å². The summed E-state index contributed by atoms with van der Waals surface area (Å²) in [6, 6.07) is 0. The van der Waals surface area contributed by atoms with Gasteiger partial charge in [-0.1, -0.05) is 76.3 Å². The SMILES string of the molecule is C=C1/C(=C/C=C2\CCCC3(C)[C@@H]([C@H](C)/C=C/C=C/C(O)(CC)CC)CC[C@@H]23)C[C@@H](O)C[C@@H]1O. The molecule has 0 amide bonds. The van der Waals surface area contributed by atoms with Gasteiger partial charge in [0.2, 0.25) is 0 Å².